The second-order valence-electron chi connectivity index (χ2n) is 9.28. The molecule has 0 atom stereocenters. The van der Waals surface area contributed by atoms with Crippen molar-refractivity contribution in [1.29, 1.82) is 0 Å². The molecule has 7 heteroatoms. The Morgan fingerprint density at radius 1 is 1.06 bits per heavy atom. The van der Waals surface area contributed by atoms with Gasteiger partial charge in [0.1, 0.15) is 5.82 Å². The van der Waals surface area contributed by atoms with E-state index in [1.165, 1.54) is 12.1 Å². The minimum absolute atomic E-state index is 0.289. The van der Waals surface area contributed by atoms with Crippen LogP contribution in [0.2, 0.25) is 0 Å². The van der Waals surface area contributed by atoms with Gasteiger partial charge in [-0.05, 0) is 73.2 Å². The third-order valence-corrected chi connectivity index (χ3v) is 8.53. The van der Waals surface area contributed by atoms with Gasteiger partial charge in [-0.15, -0.1) is 0 Å². The van der Waals surface area contributed by atoms with Gasteiger partial charge in [0.05, 0.1) is 21.8 Å². The zero-order valence-corrected chi connectivity index (χ0v) is 19.2. The summed E-state index contributed by atoms with van der Waals surface area (Å²) in [6.45, 7) is 5.10. The van der Waals surface area contributed by atoms with Gasteiger partial charge < -0.3 is 9.88 Å². The molecule has 3 heterocycles. The van der Waals surface area contributed by atoms with Gasteiger partial charge in [0.15, 0.2) is 0 Å². The molecule has 1 aromatic heterocycles. The van der Waals surface area contributed by atoms with E-state index in [0.717, 1.165) is 29.1 Å². The smallest absolute Gasteiger partial charge is 0.243 e. The van der Waals surface area contributed by atoms with E-state index in [-0.39, 0.29) is 5.82 Å². The zero-order valence-electron chi connectivity index (χ0n) is 18.4. The molecule has 1 N–H and O–H groups in total. The van der Waals surface area contributed by atoms with E-state index in [0.29, 0.717) is 36.7 Å². The molecule has 5 rings (SSSR count). The predicted octanol–water partition coefficient (Wildman–Crippen LogP) is 4.92. The Morgan fingerprint density at radius 3 is 2.47 bits per heavy atom. The second kappa shape index (κ2) is 7.74. The fourth-order valence-corrected chi connectivity index (χ4v) is 6.47. The first-order valence-corrected chi connectivity index (χ1v) is 12.6. The molecule has 0 amide bonds. The van der Waals surface area contributed by atoms with E-state index in [1.807, 2.05) is 24.4 Å². The summed E-state index contributed by atoms with van der Waals surface area (Å²) in [7, 11) is -3.56. The van der Waals surface area contributed by atoms with Crippen molar-refractivity contribution in [2.75, 3.05) is 18.4 Å². The molecule has 2 aliphatic rings. The third kappa shape index (κ3) is 3.53. The van der Waals surface area contributed by atoms with Crippen molar-refractivity contribution in [3.8, 4) is 5.69 Å². The van der Waals surface area contributed by atoms with Crippen molar-refractivity contribution in [3.05, 3.63) is 77.9 Å². The highest BCUT2D eigenvalue weighted by Gasteiger charge is 2.43. The van der Waals surface area contributed by atoms with E-state index in [2.05, 4.69) is 29.8 Å². The summed E-state index contributed by atoms with van der Waals surface area (Å²) in [5, 5.41) is 3.55. The topological polar surface area (TPSA) is 54.3 Å². The number of anilines is 1. The lowest BCUT2D eigenvalue weighted by Gasteiger charge is -2.45. The van der Waals surface area contributed by atoms with E-state index >= 15 is 0 Å². The Bertz CT molecular complexity index is 1240. The van der Waals surface area contributed by atoms with Crippen LogP contribution in [0.25, 0.3) is 5.69 Å². The lowest BCUT2D eigenvalue weighted by Crippen LogP contribution is -2.51. The number of benzene rings is 2. The largest absolute Gasteiger partial charge is 0.372 e. The van der Waals surface area contributed by atoms with Crippen molar-refractivity contribution in [3.63, 3.8) is 0 Å². The second-order valence-corrected chi connectivity index (χ2v) is 11.2. The van der Waals surface area contributed by atoms with Crippen LogP contribution in [-0.4, -0.2) is 30.4 Å². The number of hydrogen-bond acceptors (Lipinski definition) is 3. The molecule has 0 unspecified atom stereocenters. The summed E-state index contributed by atoms with van der Waals surface area (Å²) in [4.78, 5) is 0.341. The number of sulfonamides is 1. The summed E-state index contributed by atoms with van der Waals surface area (Å²) in [5.41, 5.74) is 3.47. The Balaban J connectivity index is 1.38. The fraction of sp³-hybridized carbons (Fsp3) is 0.360. The first-order chi connectivity index (χ1) is 15.3. The summed E-state index contributed by atoms with van der Waals surface area (Å²) in [5.74, 6) is 0.235. The number of halogens is 1. The first kappa shape index (κ1) is 21.2. The highest BCUT2D eigenvalue weighted by atomic mass is 32.2. The van der Waals surface area contributed by atoms with Crippen molar-refractivity contribution >= 4 is 15.7 Å². The van der Waals surface area contributed by atoms with E-state index < -0.39 is 15.6 Å². The number of nitrogens with one attached hydrogen (secondary N) is 1. The van der Waals surface area contributed by atoms with Crippen LogP contribution in [0.5, 0.6) is 0 Å². The Morgan fingerprint density at radius 2 is 1.78 bits per heavy atom. The average molecular weight is 454 g/mol. The molecule has 1 fully saturated rings. The molecular formula is C25H28FN3O2S. The van der Waals surface area contributed by atoms with Crippen molar-refractivity contribution in [2.24, 2.45) is 5.92 Å². The minimum Gasteiger partial charge on any atom is -0.372 e. The Hall–Kier alpha value is -2.64. The summed E-state index contributed by atoms with van der Waals surface area (Å²) in [6.07, 6.45) is 4.13. The molecule has 32 heavy (non-hydrogen) atoms. The van der Waals surface area contributed by atoms with Gasteiger partial charge in [-0.3, -0.25) is 0 Å². The summed E-state index contributed by atoms with van der Waals surface area (Å²) in [6, 6.07) is 16.1. The average Bonchev–Trinajstić information content (AvgIpc) is 3.25. The summed E-state index contributed by atoms with van der Waals surface area (Å²) < 4.78 is 44.1. The quantitative estimate of drug-likeness (QED) is 0.610. The number of rotatable bonds is 4. The number of piperidine rings is 1. The van der Waals surface area contributed by atoms with Crippen LogP contribution in [0, 0.1) is 11.7 Å². The van der Waals surface area contributed by atoms with E-state index in [1.54, 1.807) is 22.5 Å². The maximum atomic E-state index is 13.9. The molecule has 2 aliphatic heterocycles. The zero-order chi connectivity index (χ0) is 22.5. The van der Waals surface area contributed by atoms with Gasteiger partial charge in [-0.25, -0.2) is 12.8 Å². The predicted molar refractivity (Wildman–Crippen MR) is 124 cm³/mol. The van der Waals surface area contributed by atoms with Crippen LogP contribution in [0.15, 0.2) is 65.7 Å². The first-order valence-electron chi connectivity index (χ1n) is 11.1. The minimum atomic E-state index is -3.56. The monoisotopic (exact) mass is 453 g/mol. The van der Waals surface area contributed by atoms with Crippen LogP contribution in [0.1, 0.15) is 37.9 Å². The van der Waals surface area contributed by atoms with Gasteiger partial charge in [-0.2, -0.15) is 4.31 Å². The van der Waals surface area contributed by atoms with Crippen LogP contribution in [0.3, 0.4) is 0 Å². The molecule has 0 aliphatic carbocycles. The number of nitrogens with zero attached hydrogens (tertiary/aromatic N) is 2. The normalized spacial score (nSPS) is 17.8. The maximum Gasteiger partial charge on any atom is 0.243 e. The van der Waals surface area contributed by atoms with Crippen LogP contribution < -0.4 is 5.32 Å². The molecule has 3 aromatic rings. The molecule has 168 valence electrons. The van der Waals surface area contributed by atoms with E-state index in [9.17, 15) is 12.8 Å². The van der Waals surface area contributed by atoms with Crippen LogP contribution in [-0.2, 0) is 22.0 Å². The van der Waals surface area contributed by atoms with Crippen LogP contribution >= 0.6 is 0 Å². The Labute approximate surface area is 188 Å². The fourth-order valence-electron chi connectivity index (χ4n) is 5.03. The molecule has 0 bridgehead atoms. The lowest BCUT2D eigenvalue weighted by molar-refractivity contribution is 0.247. The van der Waals surface area contributed by atoms with Crippen LogP contribution in [0.4, 0.5) is 10.1 Å². The highest BCUT2D eigenvalue weighted by Crippen LogP contribution is 2.44. The molecular weight excluding hydrogens is 425 g/mol. The molecule has 2 aromatic carbocycles. The van der Waals surface area contributed by atoms with E-state index in [4.69, 9.17) is 0 Å². The standard InChI is InChI=1S/C25H28FN3O2S/c1-18(2)16-19-5-8-21(9-6-19)32(30,31)28-14-11-25(12-15-28)24-4-3-13-29(24)23-10-7-20(26)17-22(23)27-25/h3-10,13,17-18,27H,11-12,14-16H2,1-2H3. The SMILES string of the molecule is CC(C)Cc1ccc(S(=O)(=O)N2CCC3(CC2)Nc2cc(F)ccc2-n2cccc23)cc1. The molecule has 0 radical (unpaired) electrons. The molecule has 1 saturated heterocycles. The number of aromatic nitrogens is 1. The van der Waals surface area contributed by atoms with Crippen molar-refractivity contribution in [1.82, 2.24) is 8.87 Å². The Kier molecular flexibility index (Phi) is 5.13. The molecule has 0 saturated carbocycles. The highest BCUT2D eigenvalue weighted by molar-refractivity contribution is 7.89. The number of hydrogen-bond donors (Lipinski definition) is 1. The molecule has 1 spiro atoms. The lowest BCUT2D eigenvalue weighted by atomic mass is 9.83. The third-order valence-electron chi connectivity index (χ3n) is 6.61. The van der Waals surface area contributed by atoms with Gasteiger partial charge in [0, 0.05) is 25.0 Å². The van der Waals surface area contributed by atoms with Gasteiger partial charge in [-0.1, -0.05) is 26.0 Å². The van der Waals surface area contributed by atoms with Gasteiger partial charge in [0.2, 0.25) is 10.0 Å². The molecule has 5 nitrogen and oxygen atoms in total. The van der Waals surface area contributed by atoms with Crippen molar-refractivity contribution < 1.29 is 12.8 Å². The maximum absolute atomic E-state index is 13.9. The van der Waals surface area contributed by atoms with Crippen molar-refractivity contribution in [2.45, 2.75) is 43.5 Å². The van der Waals surface area contributed by atoms with Gasteiger partial charge in [0.25, 0.3) is 0 Å². The number of fused-ring (bicyclic) bond motifs is 4. The summed E-state index contributed by atoms with van der Waals surface area (Å²) >= 11 is 0. The van der Waals surface area contributed by atoms with Gasteiger partial charge >= 0.3 is 0 Å².